The minimum Gasteiger partial charge on any atom is -0.410 e. The molecule has 1 saturated heterocycles. The SMILES string of the molecule is Nc1nc(/C(=N/O)C(=O)N[C@@H]2C(=O)N3C(C(=O)S)=C(CSc4nn[nH]n4)CS[C@H]23)cs1. The number of aromatic amines is 1. The average Bonchev–Trinajstić information content (AvgIpc) is 3.42. The summed E-state index contributed by atoms with van der Waals surface area (Å²) in [6, 6.07) is -0.903. The number of β-lactam (4-membered cyclic amide) rings is 1. The molecule has 1 fully saturated rings. The number of carbonyl (C=O) groups is 3. The summed E-state index contributed by atoms with van der Waals surface area (Å²) in [5.74, 6) is -0.446. The van der Waals surface area contributed by atoms with E-state index in [4.69, 9.17) is 5.73 Å². The van der Waals surface area contributed by atoms with Gasteiger partial charge in [0.2, 0.25) is 10.3 Å². The molecule has 162 valence electrons. The number of tetrazole rings is 1. The molecular weight excluding hydrogens is 486 g/mol. The first kappa shape index (κ1) is 21.6. The number of H-pyrrole nitrogens is 1. The van der Waals surface area contributed by atoms with E-state index in [0.29, 0.717) is 22.2 Å². The fourth-order valence-electron chi connectivity index (χ4n) is 2.98. The van der Waals surface area contributed by atoms with Crippen LogP contribution in [0.15, 0.2) is 27.0 Å². The van der Waals surface area contributed by atoms with Gasteiger partial charge in [0, 0.05) is 16.9 Å². The van der Waals surface area contributed by atoms with Crippen LogP contribution in [0.4, 0.5) is 5.13 Å². The van der Waals surface area contributed by atoms with Crippen LogP contribution in [0.2, 0.25) is 0 Å². The fourth-order valence-corrected chi connectivity index (χ4v) is 6.01. The van der Waals surface area contributed by atoms with Gasteiger partial charge in [-0.15, -0.1) is 33.3 Å². The van der Waals surface area contributed by atoms with E-state index in [-0.39, 0.29) is 22.2 Å². The zero-order chi connectivity index (χ0) is 22.1. The van der Waals surface area contributed by atoms with Gasteiger partial charge < -0.3 is 16.3 Å². The number of aromatic nitrogens is 5. The maximum absolute atomic E-state index is 12.8. The molecule has 0 radical (unpaired) electrons. The van der Waals surface area contributed by atoms with Crippen LogP contribution in [0, 0.1) is 0 Å². The monoisotopic (exact) mass is 499 g/mol. The lowest BCUT2D eigenvalue weighted by Gasteiger charge is -2.49. The number of nitrogens with two attached hydrogens (primary N) is 1. The quantitative estimate of drug-likeness (QED) is 0.0809. The molecule has 2 amide bonds. The molecule has 0 unspecified atom stereocenters. The number of oxime groups is 1. The highest BCUT2D eigenvalue weighted by molar-refractivity contribution is 8.01. The lowest BCUT2D eigenvalue weighted by molar-refractivity contribution is -0.146. The fraction of sp³-hybridized carbons (Fsp3) is 0.286. The first-order valence-electron chi connectivity index (χ1n) is 8.41. The number of anilines is 1. The summed E-state index contributed by atoms with van der Waals surface area (Å²) < 4.78 is 0. The molecule has 13 nitrogen and oxygen atoms in total. The van der Waals surface area contributed by atoms with Crippen molar-refractivity contribution in [3.63, 3.8) is 0 Å². The Kier molecular flexibility index (Phi) is 6.17. The number of amides is 2. The number of fused-ring (bicyclic) bond motifs is 1. The van der Waals surface area contributed by atoms with Crippen LogP contribution >= 0.6 is 47.5 Å². The zero-order valence-corrected chi connectivity index (χ0v) is 18.6. The lowest BCUT2D eigenvalue weighted by atomic mass is 10.0. The molecule has 2 aliphatic rings. The molecule has 2 aromatic rings. The number of nitrogens with zero attached hydrogens (tertiary/aromatic N) is 6. The number of carbonyl (C=O) groups excluding carboxylic acids is 3. The van der Waals surface area contributed by atoms with Gasteiger partial charge in [0.1, 0.15) is 22.8 Å². The van der Waals surface area contributed by atoms with Gasteiger partial charge in [-0.2, -0.15) is 5.21 Å². The molecule has 2 aromatic heterocycles. The maximum Gasteiger partial charge on any atom is 0.276 e. The molecule has 2 aliphatic heterocycles. The molecule has 17 heteroatoms. The smallest absolute Gasteiger partial charge is 0.276 e. The summed E-state index contributed by atoms with van der Waals surface area (Å²) in [4.78, 5) is 42.7. The van der Waals surface area contributed by atoms with Crippen LogP contribution in [0.1, 0.15) is 5.69 Å². The van der Waals surface area contributed by atoms with Crippen molar-refractivity contribution in [1.82, 2.24) is 35.8 Å². The van der Waals surface area contributed by atoms with E-state index >= 15 is 0 Å². The number of thioether (sulfide) groups is 2. The Morgan fingerprint density at radius 1 is 1.52 bits per heavy atom. The third-order valence-corrected chi connectivity index (χ3v) is 7.47. The van der Waals surface area contributed by atoms with Crippen molar-refractivity contribution in [1.29, 1.82) is 0 Å². The van der Waals surface area contributed by atoms with Gasteiger partial charge in [0.25, 0.3) is 11.8 Å². The molecule has 0 aromatic carbocycles. The molecule has 4 heterocycles. The van der Waals surface area contributed by atoms with Crippen molar-refractivity contribution in [2.75, 3.05) is 17.2 Å². The second-order valence-corrected chi connectivity index (χ2v) is 9.46. The van der Waals surface area contributed by atoms with Crippen LogP contribution in [0.5, 0.6) is 0 Å². The predicted molar refractivity (Wildman–Crippen MR) is 116 cm³/mol. The normalized spacial score (nSPS) is 21.0. The number of hydrogen-bond donors (Lipinski definition) is 5. The Morgan fingerprint density at radius 2 is 2.32 bits per heavy atom. The summed E-state index contributed by atoms with van der Waals surface area (Å²) in [5, 5.41) is 29.2. The average molecular weight is 500 g/mol. The van der Waals surface area contributed by atoms with Crippen molar-refractivity contribution in [2.24, 2.45) is 5.16 Å². The largest absolute Gasteiger partial charge is 0.410 e. The van der Waals surface area contributed by atoms with E-state index in [9.17, 15) is 19.6 Å². The third kappa shape index (κ3) is 4.12. The van der Waals surface area contributed by atoms with Crippen molar-refractivity contribution in [2.45, 2.75) is 16.6 Å². The van der Waals surface area contributed by atoms with E-state index in [2.05, 4.69) is 48.7 Å². The number of thiol groups is 1. The van der Waals surface area contributed by atoms with Crippen molar-refractivity contribution < 1.29 is 19.6 Å². The van der Waals surface area contributed by atoms with Crippen LogP contribution in [0.25, 0.3) is 0 Å². The predicted octanol–water partition coefficient (Wildman–Crippen LogP) is -0.681. The van der Waals surface area contributed by atoms with Gasteiger partial charge >= 0.3 is 0 Å². The van der Waals surface area contributed by atoms with Crippen molar-refractivity contribution in [3.8, 4) is 0 Å². The van der Waals surface area contributed by atoms with Crippen LogP contribution in [-0.2, 0) is 14.4 Å². The number of thiazole rings is 1. The highest BCUT2D eigenvalue weighted by Crippen LogP contribution is 2.42. The van der Waals surface area contributed by atoms with Gasteiger partial charge in [-0.3, -0.25) is 19.3 Å². The number of nitrogens with one attached hydrogen (secondary N) is 2. The van der Waals surface area contributed by atoms with Crippen LogP contribution < -0.4 is 11.1 Å². The van der Waals surface area contributed by atoms with Crippen LogP contribution in [-0.4, -0.2) is 81.3 Å². The van der Waals surface area contributed by atoms with E-state index in [1.165, 1.54) is 33.8 Å². The first-order chi connectivity index (χ1) is 14.9. The Morgan fingerprint density at radius 3 is 2.94 bits per heavy atom. The minimum atomic E-state index is -0.903. The summed E-state index contributed by atoms with van der Waals surface area (Å²) in [7, 11) is 0. The molecule has 5 N–H and O–H groups in total. The summed E-state index contributed by atoms with van der Waals surface area (Å²) >= 11 is 7.65. The maximum atomic E-state index is 12.8. The number of hydrogen-bond acceptors (Lipinski definition) is 13. The second-order valence-electron chi connectivity index (χ2n) is 6.12. The number of rotatable bonds is 7. The number of nitrogen functional groups attached to an aromatic ring is 1. The van der Waals surface area contributed by atoms with E-state index in [0.717, 1.165) is 11.3 Å². The van der Waals surface area contributed by atoms with Gasteiger partial charge in [0.05, 0.1) is 0 Å². The molecule has 0 bridgehead atoms. The van der Waals surface area contributed by atoms with Gasteiger partial charge in [0.15, 0.2) is 10.8 Å². The van der Waals surface area contributed by atoms with Crippen LogP contribution in [0.3, 0.4) is 0 Å². The summed E-state index contributed by atoms with van der Waals surface area (Å²) in [6.45, 7) is 0. The van der Waals surface area contributed by atoms with Gasteiger partial charge in [-0.1, -0.05) is 29.5 Å². The van der Waals surface area contributed by atoms with Crippen molar-refractivity contribution in [3.05, 3.63) is 22.3 Å². The second kappa shape index (κ2) is 8.85. The molecular formula is C14H13N9O4S4. The zero-order valence-electron chi connectivity index (χ0n) is 15.3. The Hall–Kier alpha value is -2.63. The minimum absolute atomic E-state index is 0.0920. The van der Waals surface area contributed by atoms with E-state index in [1.54, 1.807) is 0 Å². The topological polar surface area (TPSA) is 192 Å². The summed E-state index contributed by atoms with van der Waals surface area (Å²) in [5.41, 5.74) is 6.16. The molecule has 31 heavy (non-hydrogen) atoms. The Labute approximate surface area is 191 Å². The molecule has 4 rings (SSSR count). The Balaban J connectivity index is 1.48. The molecule has 0 aliphatic carbocycles. The highest BCUT2D eigenvalue weighted by Gasteiger charge is 2.53. The first-order valence-corrected chi connectivity index (χ1v) is 11.8. The lowest BCUT2D eigenvalue weighted by Crippen LogP contribution is -2.71. The van der Waals surface area contributed by atoms with Gasteiger partial charge in [-0.25, -0.2) is 4.98 Å². The summed E-state index contributed by atoms with van der Waals surface area (Å²) in [6.07, 6.45) is 0. The van der Waals surface area contributed by atoms with Gasteiger partial charge in [-0.05, 0) is 10.8 Å². The molecule has 0 saturated carbocycles. The molecule has 0 spiro atoms. The Bertz CT molecular complexity index is 1100. The third-order valence-electron chi connectivity index (χ3n) is 4.32. The van der Waals surface area contributed by atoms with Crippen molar-refractivity contribution >= 4 is 75.3 Å². The molecule has 2 atom stereocenters. The van der Waals surface area contributed by atoms with E-state index < -0.39 is 28.3 Å². The standard InChI is InChI=1S/C14H13N9O4S4/c15-13-16-5(3-30-13)6(20-27)9(24)17-7-10(25)23-8(12(26)28)4(1-29-11(7)23)2-31-14-18-21-22-19-14/h3,7,11,27H,1-2H2,(H2,15,16)(H,17,24)(H,26,28)(H,18,19,21,22)/b20-6-/t7-,11-/m1/s1. The van der Waals surface area contributed by atoms with E-state index in [1.807, 2.05) is 0 Å². The highest BCUT2D eigenvalue weighted by atomic mass is 32.2.